The first-order valence-electron chi connectivity index (χ1n) is 8.38. The molecule has 9 nitrogen and oxygen atoms in total. The van der Waals surface area contributed by atoms with Crippen LogP contribution in [0.1, 0.15) is 24.2 Å². The van der Waals surface area contributed by atoms with E-state index in [1.165, 1.54) is 6.07 Å². The Labute approximate surface area is 155 Å². The summed E-state index contributed by atoms with van der Waals surface area (Å²) >= 11 is 0. The summed E-state index contributed by atoms with van der Waals surface area (Å²) in [5, 5.41) is 13.8. The van der Waals surface area contributed by atoms with E-state index < -0.39 is 16.6 Å². The van der Waals surface area contributed by atoms with Gasteiger partial charge in [-0.2, -0.15) is 0 Å². The Morgan fingerprint density at radius 3 is 2.78 bits per heavy atom. The van der Waals surface area contributed by atoms with Crippen LogP contribution in [-0.2, 0) is 4.79 Å². The van der Waals surface area contributed by atoms with Gasteiger partial charge in [0, 0.05) is 6.92 Å². The number of aromatic nitrogens is 1. The third kappa shape index (κ3) is 4.43. The lowest BCUT2D eigenvalue weighted by molar-refractivity contribution is -0.390. The monoisotopic (exact) mass is 373 g/mol. The molecular formula is C18H19N3O6. The number of rotatable bonds is 6. The molecule has 0 radical (unpaired) electrons. The highest BCUT2D eigenvalue weighted by Gasteiger charge is 2.20. The maximum absolute atomic E-state index is 12.2. The molecule has 1 unspecified atom stereocenters. The van der Waals surface area contributed by atoms with E-state index in [-0.39, 0.29) is 18.4 Å². The molecule has 142 valence electrons. The molecule has 1 aromatic carbocycles. The van der Waals surface area contributed by atoms with E-state index in [9.17, 15) is 14.9 Å². The van der Waals surface area contributed by atoms with Crippen molar-refractivity contribution in [3.05, 3.63) is 51.7 Å². The van der Waals surface area contributed by atoms with Gasteiger partial charge in [0.2, 0.25) is 5.75 Å². The summed E-state index contributed by atoms with van der Waals surface area (Å²) in [6, 6.07) is 8.16. The van der Waals surface area contributed by atoms with Gasteiger partial charge in [-0.25, -0.2) is 0 Å². The summed E-state index contributed by atoms with van der Waals surface area (Å²) in [6.45, 7) is 4.09. The van der Waals surface area contributed by atoms with Crippen molar-refractivity contribution < 1.29 is 23.9 Å². The van der Waals surface area contributed by atoms with Crippen molar-refractivity contribution >= 4 is 11.7 Å². The number of pyridine rings is 1. The second-order valence-electron chi connectivity index (χ2n) is 6.01. The van der Waals surface area contributed by atoms with Crippen molar-refractivity contribution in [1.29, 1.82) is 0 Å². The average Bonchev–Trinajstić information content (AvgIpc) is 2.66. The van der Waals surface area contributed by atoms with E-state index in [4.69, 9.17) is 14.2 Å². The fraction of sp³-hybridized carbons (Fsp3) is 0.333. The smallest absolute Gasteiger partial charge is 0.406 e. The number of nitro groups is 1. The number of benzene rings is 1. The van der Waals surface area contributed by atoms with Crippen molar-refractivity contribution in [2.45, 2.75) is 19.9 Å². The zero-order chi connectivity index (χ0) is 19.4. The van der Waals surface area contributed by atoms with E-state index in [1.54, 1.807) is 19.1 Å². The number of ether oxygens (including phenoxy) is 3. The molecule has 0 bridgehead atoms. The van der Waals surface area contributed by atoms with Gasteiger partial charge >= 0.3 is 5.82 Å². The van der Waals surface area contributed by atoms with Crippen LogP contribution in [-0.4, -0.2) is 35.6 Å². The van der Waals surface area contributed by atoms with Crippen molar-refractivity contribution in [2.75, 3.05) is 19.8 Å². The van der Waals surface area contributed by atoms with Crippen molar-refractivity contribution in [3.63, 3.8) is 0 Å². The lowest BCUT2D eigenvalue weighted by Crippen LogP contribution is -2.31. The largest absolute Gasteiger partial charge is 0.486 e. The Morgan fingerprint density at radius 1 is 1.30 bits per heavy atom. The standard InChI is InChI=1S/C18H19N3O6/c1-11-3-5-15(18(19-11)21(23)24)27-10-17(22)20-12(2)13-4-6-14-16(9-13)26-8-7-25-14/h3-6,9,12H,7-8,10H2,1-2H3,(H,20,22). The van der Waals surface area contributed by atoms with Crippen LogP contribution >= 0.6 is 0 Å². The average molecular weight is 373 g/mol. The van der Waals surface area contributed by atoms with E-state index in [0.29, 0.717) is 30.4 Å². The lowest BCUT2D eigenvalue weighted by atomic mass is 10.1. The molecule has 9 heteroatoms. The SMILES string of the molecule is Cc1ccc(OCC(=O)NC(C)c2ccc3c(c2)OCCO3)c([N+](=O)[O-])n1. The van der Waals surface area contributed by atoms with E-state index in [1.807, 2.05) is 19.1 Å². The van der Waals surface area contributed by atoms with Crippen molar-refractivity contribution in [3.8, 4) is 17.2 Å². The number of carbonyl (C=O) groups excluding carboxylic acids is 1. The minimum Gasteiger partial charge on any atom is -0.486 e. The van der Waals surface area contributed by atoms with Gasteiger partial charge in [-0.05, 0) is 46.7 Å². The molecule has 1 amide bonds. The van der Waals surface area contributed by atoms with Crippen LogP contribution in [0.4, 0.5) is 5.82 Å². The minimum absolute atomic E-state index is 0.0484. The van der Waals surface area contributed by atoms with Gasteiger partial charge in [0.25, 0.3) is 5.91 Å². The number of hydrogen-bond acceptors (Lipinski definition) is 7. The summed E-state index contributed by atoms with van der Waals surface area (Å²) < 4.78 is 16.3. The maximum atomic E-state index is 12.2. The fourth-order valence-corrected chi connectivity index (χ4v) is 2.61. The first-order valence-corrected chi connectivity index (χ1v) is 8.38. The molecule has 27 heavy (non-hydrogen) atoms. The van der Waals surface area contributed by atoms with Gasteiger partial charge in [0.1, 0.15) is 18.9 Å². The normalized spacial score (nSPS) is 13.6. The second kappa shape index (κ2) is 7.90. The topological polar surface area (TPSA) is 113 Å². The molecule has 0 fully saturated rings. The zero-order valence-electron chi connectivity index (χ0n) is 14.9. The van der Waals surface area contributed by atoms with Gasteiger partial charge in [-0.1, -0.05) is 6.07 Å². The molecule has 1 aliphatic rings. The van der Waals surface area contributed by atoms with E-state index in [2.05, 4.69) is 10.3 Å². The minimum atomic E-state index is -0.641. The highest BCUT2D eigenvalue weighted by atomic mass is 16.6. The maximum Gasteiger partial charge on any atom is 0.406 e. The molecule has 0 saturated heterocycles. The summed E-state index contributed by atoms with van der Waals surface area (Å²) in [6.07, 6.45) is 0. The summed E-state index contributed by atoms with van der Waals surface area (Å²) in [4.78, 5) is 26.4. The highest BCUT2D eigenvalue weighted by molar-refractivity contribution is 5.78. The number of nitrogens with zero attached hydrogens (tertiary/aromatic N) is 2. The Balaban J connectivity index is 1.60. The number of aryl methyl sites for hydroxylation is 1. The van der Waals surface area contributed by atoms with Crippen LogP contribution in [0.15, 0.2) is 30.3 Å². The molecule has 0 saturated carbocycles. The molecule has 2 aromatic rings. The molecule has 1 aliphatic heterocycles. The molecule has 0 spiro atoms. The quantitative estimate of drug-likeness (QED) is 0.611. The van der Waals surface area contributed by atoms with Crippen LogP contribution in [0, 0.1) is 17.0 Å². The lowest BCUT2D eigenvalue weighted by Gasteiger charge is -2.21. The second-order valence-corrected chi connectivity index (χ2v) is 6.01. The first kappa shape index (κ1) is 18.4. The third-order valence-corrected chi connectivity index (χ3v) is 3.95. The highest BCUT2D eigenvalue weighted by Crippen LogP contribution is 2.32. The third-order valence-electron chi connectivity index (χ3n) is 3.95. The molecule has 0 aliphatic carbocycles. The Bertz CT molecular complexity index is 870. The number of amides is 1. The first-order chi connectivity index (χ1) is 12.9. The summed E-state index contributed by atoms with van der Waals surface area (Å²) in [7, 11) is 0. The van der Waals surface area contributed by atoms with Gasteiger partial charge in [0.05, 0.1) is 6.04 Å². The predicted octanol–water partition coefficient (Wildman–Crippen LogP) is 2.33. The van der Waals surface area contributed by atoms with Crippen LogP contribution in [0.3, 0.4) is 0 Å². The Morgan fingerprint density at radius 2 is 2.04 bits per heavy atom. The van der Waals surface area contributed by atoms with Crippen LogP contribution < -0.4 is 19.5 Å². The van der Waals surface area contributed by atoms with E-state index in [0.717, 1.165) is 5.56 Å². The van der Waals surface area contributed by atoms with Crippen molar-refractivity contribution in [2.24, 2.45) is 0 Å². The molecule has 2 heterocycles. The zero-order valence-corrected chi connectivity index (χ0v) is 14.9. The van der Waals surface area contributed by atoms with Gasteiger partial charge in [0.15, 0.2) is 18.1 Å². The number of carbonyl (C=O) groups is 1. The summed E-state index contributed by atoms with van der Waals surface area (Å²) in [5.41, 5.74) is 1.33. The molecule has 1 aromatic heterocycles. The van der Waals surface area contributed by atoms with Gasteiger partial charge < -0.3 is 29.6 Å². The van der Waals surface area contributed by atoms with Crippen LogP contribution in [0.25, 0.3) is 0 Å². The molecule has 1 atom stereocenters. The molecule has 3 rings (SSSR count). The van der Waals surface area contributed by atoms with Crippen LogP contribution in [0.5, 0.6) is 17.2 Å². The molecular weight excluding hydrogens is 354 g/mol. The van der Waals surface area contributed by atoms with Gasteiger partial charge in [-0.15, -0.1) is 0 Å². The Hall–Kier alpha value is -3.36. The Kier molecular flexibility index (Phi) is 5.39. The van der Waals surface area contributed by atoms with Gasteiger partial charge in [-0.3, -0.25) is 4.79 Å². The molecule has 1 N–H and O–H groups in total. The summed E-state index contributed by atoms with van der Waals surface area (Å²) in [5.74, 6) is 0.436. The number of hydrogen-bond donors (Lipinski definition) is 1. The number of nitrogens with one attached hydrogen (secondary N) is 1. The number of fused-ring (bicyclic) bond motifs is 1. The predicted molar refractivity (Wildman–Crippen MR) is 95.1 cm³/mol. The van der Waals surface area contributed by atoms with Crippen molar-refractivity contribution in [1.82, 2.24) is 10.3 Å². The van der Waals surface area contributed by atoms with E-state index >= 15 is 0 Å². The fourth-order valence-electron chi connectivity index (χ4n) is 2.61. The van der Waals surface area contributed by atoms with Crippen LogP contribution in [0.2, 0.25) is 0 Å².